The largest absolute Gasteiger partial charge is 0.360 e. The van der Waals surface area contributed by atoms with Gasteiger partial charge in [-0.3, -0.25) is 0 Å². The van der Waals surface area contributed by atoms with Crippen molar-refractivity contribution >= 4 is 8.15 Å². The van der Waals surface area contributed by atoms with Gasteiger partial charge in [-0.1, -0.05) is 103 Å². The van der Waals surface area contributed by atoms with Gasteiger partial charge in [-0.25, -0.2) is 0 Å². The van der Waals surface area contributed by atoms with Crippen LogP contribution in [0.3, 0.4) is 0 Å². The third kappa shape index (κ3) is 20.4. The quantitative estimate of drug-likeness (QED) is 0.183. The van der Waals surface area contributed by atoms with Crippen LogP contribution in [-0.4, -0.2) is 19.9 Å². The molecule has 0 saturated carbocycles. The molecule has 0 aromatic rings. The molecule has 0 rings (SSSR count). The lowest BCUT2D eigenvalue weighted by Gasteiger charge is -2.06. The van der Waals surface area contributed by atoms with E-state index >= 15 is 0 Å². The van der Waals surface area contributed by atoms with E-state index in [4.69, 9.17) is 4.52 Å². The summed E-state index contributed by atoms with van der Waals surface area (Å²) in [5, 5.41) is 0. The molecule has 0 heterocycles. The third-order valence-electron chi connectivity index (χ3n) is 4.35. The van der Waals surface area contributed by atoms with Crippen LogP contribution in [-0.2, 0) is 4.52 Å². The summed E-state index contributed by atoms with van der Waals surface area (Å²) in [5.74, 6) is 0. The predicted octanol–water partition coefficient (Wildman–Crippen LogP) is 7.92. The van der Waals surface area contributed by atoms with Gasteiger partial charge in [0.05, 0.1) is 6.61 Å². The topological polar surface area (TPSA) is 9.23 Å². The van der Waals surface area contributed by atoms with Crippen molar-refractivity contribution in [3.8, 4) is 0 Å². The van der Waals surface area contributed by atoms with Gasteiger partial charge in [0, 0.05) is 8.15 Å². The molecule has 0 fully saturated rings. The predicted molar refractivity (Wildman–Crippen MR) is 104 cm³/mol. The van der Waals surface area contributed by atoms with E-state index in [0.29, 0.717) is 0 Å². The van der Waals surface area contributed by atoms with Gasteiger partial charge in [-0.15, -0.1) is 0 Å². The van der Waals surface area contributed by atoms with Gasteiger partial charge in [0.25, 0.3) is 0 Å². The lowest BCUT2D eigenvalue weighted by Crippen LogP contribution is -1.89. The number of hydrogen-bond donors (Lipinski definition) is 0. The fourth-order valence-electron chi connectivity index (χ4n) is 2.90. The Morgan fingerprint density at radius 1 is 0.500 bits per heavy atom. The van der Waals surface area contributed by atoms with Crippen LogP contribution in [0, 0.1) is 0 Å². The zero-order chi connectivity index (χ0) is 16.3. The highest BCUT2D eigenvalue weighted by Gasteiger charge is 1.95. The molecule has 134 valence electrons. The van der Waals surface area contributed by atoms with Crippen molar-refractivity contribution in [2.45, 2.75) is 110 Å². The number of hydrogen-bond acceptors (Lipinski definition) is 1. The van der Waals surface area contributed by atoms with E-state index in [-0.39, 0.29) is 8.15 Å². The summed E-state index contributed by atoms with van der Waals surface area (Å²) in [6.45, 7) is 7.64. The van der Waals surface area contributed by atoms with E-state index in [1.807, 2.05) is 0 Å². The molecule has 2 heteroatoms. The summed E-state index contributed by atoms with van der Waals surface area (Å²) in [4.78, 5) is 0. The molecule has 22 heavy (non-hydrogen) atoms. The normalized spacial score (nSPS) is 11.5. The van der Waals surface area contributed by atoms with Gasteiger partial charge >= 0.3 is 0 Å². The van der Waals surface area contributed by atoms with Gasteiger partial charge < -0.3 is 4.52 Å². The van der Waals surface area contributed by atoms with E-state index in [1.54, 1.807) is 0 Å². The second-order valence-corrected chi connectivity index (χ2v) is 8.83. The summed E-state index contributed by atoms with van der Waals surface area (Å²) in [6.07, 6.45) is 23.0. The summed E-state index contributed by atoms with van der Waals surface area (Å²) >= 11 is 0. The molecule has 0 bridgehead atoms. The first kappa shape index (κ1) is 22.4. The van der Waals surface area contributed by atoms with Crippen LogP contribution in [0.15, 0.2) is 0 Å². The van der Waals surface area contributed by atoms with Crippen LogP contribution in [0.5, 0.6) is 0 Å². The molecular formula is C20H43OP. The van der Waals surface area contributed by atoms with Crippen molar-refractivity contribution in [2.75, 3.05) is 19.9 Å². The lowest BCUT2D eigenvalue weighted by molar-refractivity contribution is 0.339. The van der Waals surface area contributed by atoms with Crippen molar-refractivity contribution in [1.29, 1.82) is 0 Å². The van der Waals surface area contributed by atoms with Crippen molar-refractivity contribution in [1.82, 2.24) is 0 Å². The molecule has 0 aromatic heterocycles. The van der Waals surface area contributed by atoms with Crippen LogP contribution in [0.2, 0.25) is 0 Å². The maximum atomic E-state index is 5.63. The first-order valence-corrected chi connectivity index (χ1v) is 12.2. The van der Waals surface area contributed by atoms with Gasteiger partial charge in [0.2, 0.25) is 0 Å². The maximum absolute atomic E-state index is 5.63. The molecule has 0 amide bonds. The van der Waals surface area contributed by atoms with Gasteiger partial charge in [0.1, 0.15) is 0 Å². The average Bonchev–Trinajstić information content (AvgIpc) is 2.50. The standard InChI is InChI=1S/C20H43OP/c1-4-5-6-7-8-9-10-11-12-13-14-15-16-17-18-19-20-21-22(2)3/h4-20H2,1-3H3. The Hall–Kier alpha value is 0.390. The molecule has 0 radical (unpaired) electrons. The van der Waals surface area contributed by atoms with Crippen LogP contribution in [0.4, 0.5) is 0 Å². The van der Waals surface area contributed by atoms with Gasteiger partial charge in [-0.05, 0) is 19.8 Å². The minimum absolute atomic E-state index is 0.144. The van der Waals surface area contributed by atoms with Crippen LogP contribution in [0.25, 0.3) is 0 Å². The molecule has 0 saturated heterocycles. The van der Waals surface area contributed by atoms with E-state index in [9.17, 15) is 0 Å². The zero-order valence-electron chi connectivity index (χ0n) is 15.9. The first-order valence-electron chi connectivity index (χ1n) is 10.1. The highest BCUT2D eigenvalue weighted by Crippen LogP contribution is 2.26. The smallest absolute Gasteiger partial charge is 0.0508 e. The summed E-state index contributed by atoms with van der Waals surface area (Å²) in [6, 6.07) is 0. The van der Waals surface area contributed by atoms with Crippen molar-refractivity contribution in [2.24, 2.45) is 0 Å². The highest BCUT2D eigenvalue weighted by molar-refractivity contribution is 7.50. The number of unbranched alkanes of at least 4 members (excludes halogenated alkanes) is 15. The molecule has 0 unspecified atom stereocenters. The molecule has 0 aliphatic heterocycles. The minimum atomic E-state index is -0.144. The van der Waals surface area contributed by atoms with Crippen molar-refractivity contribution < 1.29 is 4.52 Å². The van der Waals surface area contributed by atoms with E-state index in [0.717, 1.165) is 6.61 Å². The molecule has 0 N–H and O–H groups in total. The molecule has 1 nitrogen and oxygen atoms in total. The lowest BCUT2D eigenvalue weighted by atomic mass is 10.0. The SMILES string of the molecule is CCCCCCCCCCCCCCCCCCOP(C)C. The van der Waals surface area contributed by atoms with Gasteiger partial charge in [0.15, 0.2) is 0 Å². The Balaban J connectivity index is 2.94. The maximum Gasteiger partial charge on any atom is 0.0508 e. The Bertz CT molecular complexity index is 194. The monoisotopic (exact) mass is 330 g/mol. The molecule has 0 atom stereocenters. The fraction of sp³-hybridized carbons (Fsp3) is 1.00. The first-order chi connectivity index (χ1) is 10.8. The van der Waals surface area contributed by atoms with E-state index in [1.165, 1.54) is 103 Å². The molecule has 0 aromatic carbocycles. The summed E-state index contributed by atoms with van der Waals surface area (Å²) < 4.78 is 5.63. The molecule has 0 aliphatic rings. The summed E-state index contributed by atoms with van der Waals surface area (Å²) in [5.41, 5.74) is 0. The number of rotatable bonds is 18. The highest BCUT2D eigenvalue weighted by atomic mass is 31.1. The molecule has 0 aliphatic carbocycles. The Kier molecular flexibility index (Phi) is 19.8. The average molecular weight is 331 g/mol. The molecular weight excluding hydrogens is 287 g/mol. The van der Waals surface area contributed by atoms with Gasteiger partial charge in [-0.2, -0.15) is 0 Å². The third-order valence-corrected chi connectivity index (χ3v) is 5.05. The Morgan fingerprint density at radius 2 is 0.818 bits per heavy atom. The zero-order valence-corrected chi connectivity index (χ0v) is 16.8. The second-order valence-electron chi connectivity index (χ2n) is 6.95. The van der Waals surface area contributed by atoms with E-state index in [2.05, 4.69) is 20.3 Å². The van der Waals surface area contributed by atoms with Crippen molar-refractivity contribution in [3.63, 3.8) is 0 Å². The van der Waals surface area contributed by atoms with Crippen LogP contribution >= 0.6 is 8.15 Å². The molecule has 0 spiro atoms. The van der Waals surface area contributed by atoms with Crippen LogP contribution in [0.1, 0.15) is 110 Å². The Labute approximate surface area is 142 Å². The van der Waals surface area contributed by atoms with E-state index < -0.39 is 0 Å². The van der Waals surface area contributed by atoms with Crippen molar-refractivity contribution in [3.05, 3.63) is 0 Å². The van der Waals surface area contributed by atoms with Crippen LogP contribution < -0.4 is 0 Å². The minimum Gasteiger partial charge on any atom is -0.360 e. The summed E-state index contributed by atoms with van der Waals surface area (Å²) in [7, 11) is -0.144. The second kappa shape index (κ2) is 19.4. The Morgan fingerprint density at radius 3 is 1.14 bits per heavy atom. The fourth-order valence-corrected chi connectivity index (χ4v) is 3.39.